The van der Waals surface area contributed by atoms with E-state index in [1.807, 2.05) is 0 Å². The highest BCUT2D eigenvalue weighted by Gasteiger charge is 2.02. The van der Waals surface area contributed by atoms with Crippen molar-refractivity contribution in [2.24, 2.45) is 5.10 Å². The fourth-order valence-corrected chi connectivity index (χ4v) is 0.861. The zero-order valence-electron chi connectivity index (χ0n) is 7.99. The largest absolute Gasteiger partial charge is 0.269 e. The molecule has 0 spiro atoms. The van der Waals surface area contributed by atoms with E-state index in [-0.39, 0.29) is 5.69 Å². The molecule has 0 bridgehead atoms. The molecule has 0 aromatic heterocycles. The Balaban J connectivity index is 2.78. The van der Waals surface area contributed by atoms with Gasteiger partial charge in [-0.15, -0.1) is 0 Å². The van der Waals surface area contributed by atoms with Gasteiger partial charge in [-0.05, 0) is 17.7 Å². The third-order valence-corrected chi connectivity index (χ3v) is 1.63. The van der Waals surface area contributed by atoms with Crippen molar-refractivity contribution in [3.05, 3.63) is 39.9 Å². The Morgan fingerprint density at radius 2 is 2.13 bits per heavy atom. The number of rotatable bonds is 3. The first kappa shape index (κ1) is 10.7. The smallest absolute Gasteiger partial charge is 0.258 e. The molecule has 0 amide bonds. The zero-order valence-corrected chi connectivity index (χ0v) is 7.99. The molecule has 6 heteroatoms. The van der Waals surface area contributed by atoms with Crippen LogP contribution in [0.4, 0.5) is 5.69 Å². The van der Waals surface area contributed by atoms with E-state index < -0.39 is 4.92 Å². The molecule has 0 fully saturated rings. The number of hydrogen-bond donors (Lipinski definition) is 0. The molecule has 0 saturated heterocycles. The second-order valence-corrected chi connectivity index (χ2v) is 2.72. The van der Waals surface area contributed by atoms with Crippen LogP contribution in [0.15, 0.2) is 29.4 Å². The van der Waals surface area contributed by atoms with Gasteiger partial charge in [0.05, 0.1) is 11.1 Å². The lowest BCUT2D eigenvalue weighted by Crippen LogP contribution is -2.01. The fraction of sp³-hybridized carbons (Fsp3) is 0.111. The molecular weight excluding hydrogens is 196 g/mol. The Bertz CT molecular complexity index is 419. The zero-order chi connectivity index (χ0) is 11.3. The number of nitrogens with zero attached hydrogens (tertiary/aromatic N) is 4. The number of nitro groups is 1. The number of nitriles is 1. The molecular formula is C9H8N4O2. The molecule has 6 nitrogen and oxygen atoms in total. The van der Waals surface area contributed by atoms with Crippen molar-refractivity contribution in [3.8, 4) is 6.19 Å². The summed E-state index contributed by atoms with van der Waals surface area (Å²) in [4.78, 5) is 9.88. The van der Waals surface area contributed by atoms with Crippen LogP contribution in [-0.2, 0) is 0 Å². The molecule has 1 aromatic carbocycles. The van der Waals surface area contributed by atoms with E-state index in [1.165, 1.54) is 25.4 Å². The van der Waals surface area contributed by atoms with E-state index in [0.717, 1.165) is 5.01 Å². The number of non-ortho nitro benzene ring substituents is 1. The summed E-state index contributed by atoms with van der Waals surface area (Å²) in [5, 5.41) is 23.6. The normalized spacial score (nSPS) is 9.87. The molecule has 76 valence electrons. The lowest BCUT2D eigenvalue weighted by molar-refractivity contribution is -0.384. The van der Waals surface area contributed by atoms with Crippen LogP contribution in [0.2, 0.25) is 0 Å². The average Bonchev–Trinajstić information content (AvgIpc) is 2.26. The van der Waals surface area contributed by atoms with E-state index >= 15 is 0 Å². The van der Waals surface area contributed by atoms with Crippen LogP contribution in [-0.4, -0.2) is 23.2 Å². The molecule has 0 unspecified atom stereocenters. The Labute approximate surface area is 86.2 Å². The van der Waals surface area contributed by atoms with Crippen molar-refractivity contribution < 1.29 is 4.92 Å². The van der Waals surface area contributed by atoms with Crippen LogP contribution >= 0.6 is 0 Å². The van der Waals surface area contributed by atoms with Crippen molar-refractivity contribution >= 4 is 11.9 Å². The highest BCUT2D eigenvalue weighted by atomic mass is 16.6. The van der Waals surface area contributed by atoms with Crippen LogP contribution in [0.5, 0.6) is 0 Å². The Hall–Kier alpha value is -2.42. The maximum absolute atomic E-state index is 10.3. The van der Waals surface area contributed by atoms with Gasteiger partial charge in [-0.2, -0.15) is 10.4 Å². The van der Waals surface area contributed by atoms with Gasteiger partial charge in [0, 0.05) is 19.2 Å². The van der Waals surface area contributed by atoms with Gasteiger partial charge < -0.3 is 0 Å². The molecule has 0 atom stereocenters. The number of nitro benzene ring substituents is 1. The van der Waals surface area contributed by atoms with Gasteiger partial charge in [-0.3, -0.25) is 10.1 Å². The van der Waals surface area contributed by atoms with Crippen LogP contribution in [0, 0.1) is 21.6 Å². The SMILES string of the molecule is CN(C#N)N=Cc1ccc([N+](=O)[O-])cc1. The lowest BCUT2D eigenvalue weighted by Gasteiger charge is -1.98. The first-order chi connectivity index (χ1) is 7.13. The summed E-state index contributed by atoms with van der Waals surface area (Å²) in [7, 11) is 1.50. The molecule has 1 aromatic rings. The van der Waals surface area contributed by atoms with Gasteiger partial charge in [-0.1, -0.05) is 0 Å². The quantitative estimate of drug-likeness (QED) is 0.244. The average molecular weight is 204 g/mol. The Kier molecular flexibility index (Phi) is 3.35. The minimum atomic E-state index is -0.470. The first-order valence-electron chi connectivity index (χ1n) is 4.05. The molecule has 0 N–H and O–H groups in total. The van der Waals surface area contributed by atoms with Crippen LogP contribution in [0.3, 0.4) is 0 Å². The maximum atomic E-state index is 10.3. The second-order valence-electron chi connectivity index (χ2n) is 2.72. The standard InChI is InChI=1S/C9H8N4O2/c1-12(7-10)11-6-8-2-4-9(5-3-8)13(14)15/h2-6H,1H3. The third kappa shape index (κ3) is 3.08. The molecule has 0 aliphatic carbocycles. The summed E-state index contributed by atoms with van der Waals surface area (Å²) in [6.07, 6.45) is 3.24. The summed E-state index contributed by atoms with van der Waals surface area (Å²) >= 11 is 0. The van der Waals surface area contributed by atoms with E-state index in [2.05, 4.69) is 5.10 Å². The first-order valence-corrected chi connectivity index (χ1v) is 4.05. The predicted octanol–water partition coefficient (Wildman–Crippen LogP) is 1.34. The maximum Gasteiger partial charge on any atom is 0.269 e. The van der Waals surface area contributed by atoms with Gasteiger partial charge in [0.25, 0.3) is 5.69 Å². The third-order valence-electron chi connectivity index (χ3n) is 1.63. The van der Waals surface area contributed by atoms with Crippen LogP contribution < -0.4 is 0 Å². The monoisotopic (exact) mass is 204 g/mol. The summed E-state index contributed by atoms with van der Waals surface area (Å²) in [6, 6.07) is 5.89. The van der Waals surface area contributed by atoms with Crippen LogP contribution in [0.1, 0.15) is 5.56 Å². The molecule has 0 saturated carbocycles. The van der Waals surface area contributed by atoms with E-state index in [0.29, 0.717) is 5.56 Å². The molecule has 0 heterocycles. The van der Waals surface area contributed by atoms with Gasteiger partial charge in [0.2, 0.25) is 6.19 Å². The van der Waals surface area contributed by atoms with Crippen molar-refractivity contribution in [1.82, 2.24) is 5.01 Å². The highest BCUT2D eigenvalue weighted by molar-refractivity contribution is 5.79. The second kappa shape index (κ2) is 4.72. The van der Waals surface area contributed by atoms with Crippen molar-refractivity contribution in [1.29, 1.82) is 5.26 Å². The van der Waals surface area contributed by atoms with E-state index in [4.69, 9.17) is 5.26 Å². The molecule has 15 heavy (non-hydrogen) atoms. The van der Waals surface area contributed by atoms with Crippen LogP contribution in [0.25, 0.3) is 0 Å². The van der Waals surface area contributed by atoms with Gasteiger partial charge in [-0.25, -0.2) is 5.01 Å². The van der Waals surface area contributed by atoms with Crippen molar-refractivity contribution in [2.45, 2.75) is 0 Å². The number of benzene rings is 1. The van der Waals surface area contributed by atoms with Crippen molar-refractivity contribution in [3.63, 3.8) is 0 Å². The molecule has 0 radical (unpaired) electrons. The number of hydrogen-bond acceptors (Lipinski definition) is 5. The molecule has 1 rings (SSSR count). The summed E-state index contributed by atoms with van der Waals surface area (Å²) in [6.45, 7) is 0. The lowest BCUT2D eigenvalue weighted by atomic mass is 10.2. The van der Waals surface area contributed by atoms with E-state index in [1.54, 1.807) is 18.3 Å². The summed E-state index contributed by atoms with van der Waals surface area (Å²) in [5.74, 6) is 0. The van der Waals surface area contributed by atoms with Gasteiger partial charge in [0.15, 0.2) is 0 Å². The summed E-state index contributed by atoms with van der Waals surface area (Å²) < 4.78 is 0. The predicted molar refractivity (Wildman–Crippen MR) is 54.1 cm³/mol. The molecule has 0 aliphatic rings. The number of hydrazone groups is 1. The minimum Gasteiger partial charge on any atom is -0.258 e. The minimum absolute atomic E-state index is 0.0285. The van der Waals surface area contributed by atoms with Gasteiger partial charge >= 0.3 is 0 Å². The molecule has 0 aliphatic heterocycles. The fourth-order valence-electron chi connectivity index (χ4n) is 0.861. The topological polar surface area (TPSA) is 82.5 Å². The van der Waals surface area contributed by atoms with E-state index in [9.17, 15) is 10.1 Å². The Morgan fingerprint density at radius 3 is 2.60 bits per heavy atom. The van der Waals surface area contributed by atoms with Gasteiger partial charge in [0.1, 0.15) is 0 Å². The van der Waals surface area contributed by atoms with Crippen molar-refractivity contribution in [2.75, 3.05) is 7.05 Å². The Morgan fingerprint density at radius 1 is 1.53 bits per heavy atom. The summed E-state index contributed by atoms with van der Waals surface area (Å²) in [5.41, 5.74) is 0.725. The highest BCUT2D eigenvalue weighted by Crippen LogP contribution is 2.10.